The maximum absolute atomic E-state index is 14.6. The number of hydrogen-bond donors (Lipinski definition) is 1. The Balaban J connectivity index is 1.03. The number of benzene rings is 2. The highest BCUT2D eigenvalue weighted by Gasteiger charge is 2.54. The van der Waals surface area contributed by atoms with Gasteiger partial charge in [-0.15, -0.1) is 0 Å². The highest BCUT2D eigenvalue weighted by Crippen LogP contribution is 2.51. The number of likely N-dealkylation sites (tertiary alicyclic amines) is 1. The fourth-order valence-electron chi connectivity index (χ4n) is 5.29. The Hall–Kier alpha value is -2.11. The van der Waals surface area contributed by atoms with Gasteiger partial charge in [-0.25, -0.2) is 4.39 Å². The zero-order valence-corrected chi connectivity index (χ0v) is 17.6. The number of fused-ring (bicyclic) bond motifs is 1. The Kier molecular flexibility index (Phi) is 5.91. The predicted octanol–water partition coefficient (Wildman–Crippen LogP) is 3.88. The Morgan fingerprint density at radius 1 is 1.00 bits per heavy atom. The Bertz CT molecular complexity index is 828. The van der Waals surface area contributed by atoms with Crippen molar-refractivity contribution < 1.29 is 9.13 Å². The largest absolute Gasteiger partial charge is 0.385 e. The summed E-state index contributed by atoms with van der Waals surface area (Å²) in [6.45, 7) is 7.50. The molecule has 2 unspecified atom stereocenters. The molecule has 2 saturated heterocycles. The molecule has 2 heterocycles. The molecule has 0 bridgehead atoms. The molecule has 1 saturated carbocycles. The molecule has 5 rings (SSSR count). The molecule has 2 aromatic rings. The molecule has 5 heteroatoms. The third-order valence-electron chi connectivity index (χ3n) is 7.07. The normalized spacial score (nSPS) is 25.9. The molecule has 2 aliphatic heterocycles. The van der Waals surface area contributed by atoms with Gasteiger partial charge in [-0.3, -0.25) is 0 Å². The first-order chi connectivity index (χ1) is 14.8. The summed E-state index contributed by atoms with van der Waals surface area (Å²) in [7, 11) is 0. The van der Waals surface area contributed by atoms with E-state index >= 15 is 0 Å². The zero-order valence-electron chi connectivity index (χ0n) is 17.6. The second-order valence-corrected chi connectivity index (χ2v) is 8.99. The van der Waals surface area contributed by atoms with Gasteiger partial charge in [0.25, 0.3) is 0 Å². The molecule has 3 fully saturated rings. The van der Waals surface area contributed by atoms with Gasteiger partial charge < -0.3 is 19.9 Å². The number of piperidine rings is 1. The average molecular weight is 410 g/mol. The monoisotopic (exact) mass is 409 g/mol. The molecule has 3 aliphatic rings. The quantitative estimate of drug-likeness (QED) is 0.716. The van der Waals surface area contributed by atoms with E-state index in [0.717, 1.165) is 43.1 Å². The SMILES string of the molecule is Fc1cc(NCC2C3CN(CCCc4ccccc4)CC23)ccc1N1CCOCC1. The van der Waals surface area contributed by atoms with Crippen LogP contribution in [0.3, 0.4) is 0 Å². The van der Waals surface area contributed by atoms with Crippen molar-refractivity contribution in [3.63, 3.8) is 0 Å². The van der Waals surface area contributed by atoms with Crippen molar-refractivity contribution in [2.75, 3.05) is 62.7 Å². The van der Waals surface area contributed by atoms with Crippen LogP contribution in [0.25, 0.3) is 0 Å². The summed E-state index contributed by atoms with van der Waals surface area (Å²) < 4.78 is 19.9. The fraction of sp³-hybridized carbons (Fsp3) is 0.520. The number of aryl methyl sites for hydroxylation is 1. The van der Waals surface area contributed by atoms with Gasteiger partial charge in [-0.05, 0) is 60.9 Å². The van der Waals surface area contributed by atoms with E-state index < -0.39 is 0 Å². The molecule has 1 aliphatic carbocycles. The van der Waals surface area contributed by atoms with E-state index in [1.54, 1.807) is 6.07 Å². The van der Waals surface area contributed by atoms with Crippen LogP contribution in [-0.2, 0) is 11.2 Å². The van der Waals surface area contributed by atoms with E-state index in [-0.39, 0.29) is 5.82 Å². The molecular weight excluding hydrogens is 377 g/mol. The van der Waals surface area contributed by atoms with Gasteiger partial charge >= 0.3 is 0 Å². The Labute approximate surface area is 179 Å². The van der Waals surface area contributed by atoms with E-state index in [1.807, 2.05) is 12.1 Å². The first-order valence-corrected chi connectivity index (χ1v) is 11.4. The topological polar surface area (TPSA) is 27.7 Å². The zero-order chi connectivity index (χ0) is 20.3. The van der Waals surface area contributed by atoms with Crippen molar-refractivity contribution in [3.8, 4) is 0 Å². The van der Waals surface area contributed by atoms with Gasteiger partial charge in [0.2, 0.25) is 0 Å². The van der Waals surface area contributed by atoms with Crippen LogP contribution in [0.2, 0.25) is 0 Å². The lowest BCUT2D eigenvalue weighted by molar-refractivity contribution is 0.122. The molecular formula is C25H32FN3O. The number of halogens is 1. The number of morpholine rings is 1. The summed E-state index contributed by atoms with van der Waals surface area (Å²) >= 11 is 0. The lowest BCUT2D eigenvalue weighted by Crippen LogP contribution is -2.36. The van der Waals surface area contributed by atoms with Crippen molar-refractivity contribution in [2.24, 2.45) is 17.8 Å². The van der Waals surface area contributed by atoms with E-state index in [2.05, 4.69) is 45.4 Å². The van der Waals surface area contributed by atoms with Crippen LogP contribution in [0.15, 0.2) is 48.5 Å². The third kappa shape index (κ3) is 4.47. The summed E-state index contributed by atoms with van der Waals surface area (Å²) in [5.41, 5.74) is 3.03. The standard InChI is InChI=1S/C25H32FN3O/c26-24-15-20(8-9-25(24)29-11-13-30-14-12-29)27-16-21-22-17-28(18-23(21)22)10-4-7-19-5-2-1-3-6-19/h1-3,5-6,8-9,15,21-23,27H,4,7,10-14,16-18H2. The van der Waals surface area contributed by atoms with E-state index in [0.29, 0.717) is 18.9 Å². The number of nitrogens with zero attached hydrogens (tertiary/aromatic N) is 2. The summed E-state index contributed by atoms with van der Waals surface area (Å²) in [4.78, 5) is 4.70. The van der Waals surface area contributed by atoms with Crippen molar-refractivity contribution >= 4 is 11.4 Å². The van der Waals surface area contributed by atoms with Gasteiger partial charge in [-0.2, -0.15) is 0 Å². The highest BCUT2D eigenvalue weighted by atomic mass is 19.1. The number of hydrogen-bond acceptors (Lipinski definition) is 4. The molecule has 2 atom stereocenters. The summed E-state index contributed by atoms with van der Waals surface area (Å²) in [5, 5.41) is 3.48. The molecule has 2 aromatic carbocycles. The molecule has 0 aromatic heterocycles. The lowest BCUT2D eigenvalue weighted by atomic mass is 10.1. The van der Waals surface area contributed by atoms with Crippen LogP contribution in [0, 0.1) is 23.6 Å². The van der Waals surface area contributed by atoms with E-state index in [9.17, 15) is 4.39 Å². The van der Waals surface area contributed by atoms with Crippen molar-refractivity contribution in [2.45, 2.75) is 12.8 Å². The van der Waals surface area contributed by atoms with Crippen LogP contribution < -0.4 is 10.2 Å². The van der Waals surface area contributed by atoms with Crippen molar-refractivity contribution in [1.82, 2.24) is 4.90 Å². The second kappa shape index (κ2) is 8.94. The maximum Gasteiger partial charge on any atom is 0.148 e. The minimum atomic E-state index is -0.137. The van der Waals surface area contributed by atoms with E-state index in [1.165, 1.54) is 38.0 Å². The average Bonchev–Trinajstić information content (AvgIpc) is 3.24. The minimum absolute atomic E-state index is 0.137. The molecule has 1 N–H and O–H groups in total. The van der Waals surface area contributed by atoms with Gasteiger partial charge in [-0.1, -0.05) is 30.3 Å². The molecule has 0 amide bonds. The van der Waals surface area contributed by atoms with Crippen LogP contribution in [0.5, 0.6) is 0 Å². The van der Waals surface area contributed by atoms with Crippen LogP contribution in [0.1, 0.15) is 12.0 Å². The second-order valence-electron chi connectivity index (χ2n) is 8.99. The molecule has 0 radical (unpaired) electrons. The summed E-state index contributed by atoms with van der Waals surface area (Å²) in [6.07, 6.45) is 2.41. The van der Waals surface area contributed by atoms with Gasteiger partial charge in [0.15, 0.2) is 0 Å². The summed E-state index contributed by atoms with van der Waals surface area (Å²) in [6, 6.07) is 16.4. The first-order valence-electron chi connectivity index (χ1n) is 11.4. The number of nitrogens with one attached hydrogen (secondary N) is 1. The maximum atomic E-state index is 14.6. The van der Waals surface area contributed by atoms with Crippen LogP contribution in [-0.4, -0.2) is 57.4 Å². The van der Waals surface area contributed by atoms with Gasteiger partial charge in [0.1, 0.15) is 5.82 Å². The summed E-state index contributed by atoms with van der Waals surface area (Å²) in [5.74, 6) is 2.26. The molecule has 4 nitrogen and oxygen atoms in total. The van der Waals surface area contributed by atoms with E-state index in [4.69, 9.17) is 4.74 Å². The molecule has 30 heavy (non-hydrogen) atoms. The number of anilines is 2. The minimum Gasteiger partial charge on any atom is -0.385 e. The van der Waals surface area contributed by atoms with Gasteiger partial charge in [0, 0.05) is 38.4 Å². The third-order valence-corrected chi connectivity index (χ3v) is 7.07. The lowest BCUT2D eigenvalue weighted by Gasteiger charge is -2.29. The number of rotatable bonds is 8. The van der Waals surface area contributed by atoms with Crippen molar-refractivity contribution in [3.05, 3.63) is 59.9 Å². The van der Waals surface area contributed by atoms with Crippen LogP contribution in [0.4, 0.5) is 15.8 Å². The Morgan fingerprint density at radius 3 is 2.50 bits per heavy atom. The first kappa shape index (κ1) is 19.8. The molecule has 0 spiro atoms. The Morgan fingerprint density at radius 2 is 1.77 bits per heavy atom. The highest BCUT2D eigenvalue weighted by molar-refractivity contribution is 5.56. The fourth-order valence-corrected chi connectivity index (χ4v) is 5.29. The van der Waals surface area contributed by atoms with Gasteiger partial charge in [0.05, 0.1) is 18.9 Å². The predicted molar refractivity (Wildman–Crippen MR) is 120 cm³/mol. The van der Waals surface area contributed by atoms with Crippen LogP contribution >= 0.6 is 0 Å². The number of ether oxygens (including phenoxy) is 1. The van der Waals surface area contributed by atoms with Crippen molar-refractivity contribution in [1.29, 1.82) is 0 Å². The molecule has 160 valence electrons. The smallest absolute Gasteiger partial charge is 0.148 e.